The monoisotopic (exact) mass is 272 g/mol. The molecule has 0 aliphatic rings. The van der Waals surface area contributed by atoms with Gasteiger partial charge in [-0.25, -0.2) is 8.42 Å². The van der Waals surface area contributed by atoms with Gasteiger partial charge < -0.3 is 0 Å². The summed E-state index contributed by atoms with van der Waals surface area (Å²) in [5, 5.41) is 9.28. The van der Waals surface area contributed by atoms with Crippen LogP contribution in [0.3, 0.4) is 0 Å². The maximum absolute atomic E-state index is 11.9. The molecular formula is C11H13ClN2O2S. The van der Waals surface area contributed by atoms with E-state index < -0.39 is 16.1 Å². The molecule has 1 N–H and O–H groups in total. The molecule has 0 bridgehead atoms. The number of hydrogen-bond acceptors (Lipinski definition) is 3. The SMILES string of the molecule is CCCC(C#N)NS(=O)(=O)c1ccc(Cl)cc1. The van der Waals surface area contributed by atoms with E-state index in [1.54, 1.807) is 0 Å². The van der Waals surface area contributed by atoms with Crippen LogP contribution in [0.5, 0.6) is 0 Å². The minimum absolute atomic E-state index is 0.109. The van der Waals surface area contributed by atoms with Gasteiger partial charge in [-0.15, -0.1) is 0 Å². The number of nitriles is 1. The number of halogens is 1. The molecule has 0 fully saturated rings. The van der Waals surface area contributed by atoms with Crippen LogP contribution in [0.15, 0.2) is 29.2 Å². The fourth-order valence-corrected chi connectivity index (χ4v) is 2.61. The Morgan fingerprint density at radius 3 is 2.47 bits per heavy atom. The van der Waals surface area contributed by atoms with E-state index in [4.69, 9.17) is 16.9 Å². The van der Waals surface area contributed by atoms with Gasteiger partial charge in [0.15, 0.2) is 0 Å². The van der Waals surface area contributed by atoms with Gasteiger partial charge in [-0.3, -0.25) is 0 Å². The molecule has 0 saturated heterocycles. The zero-order valence-corrected chi connectivity index (χ0v) is 10.9. The van der Waals surface area contributed by atoms with Gasteiger partial charge in [-0.2, -0.15) is 9.98 Å². The lowest BCUT2D eigenvalue weighted by Gasteiger charge is -2.11. The van der Waals surface area contributed by atoms with Crippen LogP contribution in [-0.2, 0) is 10.0 Å². The molecule has 1 unspecified atom stereocenters. The summed E-state index contributed by atoms with van der Waals surface area (Å²) in [5.74, 6) is 0. The molecule has 17 heavy (non-hydrogen) atoms. The Morgan fingerprint density at radius 1 is 1.41 bits per heavy atom. The molecule has 0 saturated carbocycles. The zero-order chi connectivity index (χ0) is 12.9. The van der Waals surface area contributed by atoms with Crippen LogP contribution in [-0.4, -0.2) is 14.5 Å². The van der Waals surface area contributed by atoms with E-state index >= 15 is 0 Å². The molecule has 92 valence electrons. The Balaban J connectivity index is 2.89. The number of benzene rings is 1. The third-order valence-electron chi connectivity index (χ3n) is 2.15. The Bertz CT molecular complexity index is 505. The van der Waals surface area contributed by atoms with Gasteiger partial charge in [0.05, 0.1) is 11.0 Å². The minimum atomic E-state index is -3.64. The lowest BCUT2D eigenvalue weighted by atomic mass is 10.2. The normalized spacial score (nSPS) is 13.0. The second kappa shape index (κ2) is 6.01. The van der Waals surface area contributed by atoms with E-state index in [1.165, 1.54) is 24.3 Å². The lowest BCUT2D eigenvalue weighted by molar-refractivity contribution is 0.563. The molecule has 1 aromatic carbocycles. The first-order valence-corrected chi connectivity index (χ1v) is 7.03. The maximum Gasteiger partial charge on any atom is 0.241 e. The third kappa shape index (κ3) is 4.00. The van der Waals surface area contributed by atoms with Gasteiger partial charge in [0, 0.05) is 5.02 Å². The van der Waals surface area contributed by atoms with Crippen LogP contribution in [0.2, 0.25) is 5.02 Å². The summed E-state index contributed by atoms with van der Waals surface area (Å²) in [5.41, 5.74) is 0. The van der Waals surface area contributed by atoms with Crippen LogP contribution in [0.1, 0.15) is 19.8 Å². The molecule has 1 atom stereocenters. The van der Waals surface area contributed by atoms with Crippen LogP contribution in [0, 0.1) is 11.3 Å². The van der Waals surface area contributed by atoms with Crippen molar-refractivity contribution in [2.24, 2.45) is 0 Å². The van der Waals surface area contributed by atoms with Crippen molar-refractivity contribution in [2.45, 2.75) is 30.7 Å². The first kappa shape index (κ1) is 14.0. The second-order valence-electron chi connectivity index (χ2n) is 3.55. The van der Waals surface area contributed by atoms with Gasteiger partial charge in [-0.1, -0.05) is 24.9 Å². The van der Waals surface area contributed by atoms with Crippen LogP contribution in [0.4, 0.5) is 0 Å². The van der Waals surface area contributed by atoms with Crippen molar-refractivity contribution in [1.29, 1.82) is 5.26 Å². The highest BCUT2D eigenvalue weighted by Gasteiger charge is 2.18. The highest BCUT2D eigenvalue weighted by atomic mass is 35.5. The van der Waals surface area contributed by atoms with Gasteiger partial charge >= 0.3 is 0 Å². The van der Waals surface area contributed by atoms with Crippen LogP contribution >= 0.6 is 11.6 Å². The average Bonchev–Trinajstić information content (AvgIpc) is 2.28. The fourth-order valence-electron chi connectivity index (χ4n) is 1.31. The Morgan fingerprint density at radius 2 is 2.00 bits per heavy atom. The lowest BCUT2D eigenvalue weighted by Crippen LogP contribution is -2.33. The molecule has 4 nitrogen and oxygen atoms in total. The van der Waals surface area contributed by atoms with E-state index in [2.05, 4.69) is 4.72 Å². The first-order chi connectivity index (χ1) is 7.99. The fraction of sp³-hybridized carbons (Fsp3) is 0.364. The number of hydrogen-bond donors (Lipinski definition) is 1. The van der Waals surface area contributed by atoms with Gasteiger partial charge in [-0.05, 0) is 30.7 Å². The summed E-state index contributed by atoms with van der Waals surface area (Å²) in [4.78, 5) is 0.109. The molecule has 6 heteroatoms. The summed E-state index contributed by atoms with van der Waals surface area (Å²) >= 11 is 5.68. The highest BCUT2D eigenvalue weighted by molar-refractivity contribution is 7.89. The van der Waals surface area contributed by atoms with Crippen LogP contribution in [0.25, 0.3) is 0 Å². The zero-order valence-electron chi connectivity index (χ0n) is 9.35. The molecule has 0 aliphatic carbocycles. The summed E-state index contributed by atoms with van der Waals surface area (Å²) in [6.45, 7) is 1.89. The van der Waals surface area contributed by atoms with Crippen LogP contribution < -0.4 is 4.72 Å². The van der Waals surface area contributed by atoms with E-state index in [0.29, 0.717) is 11.4 Å². The molecule has 0 aromatic heterocycles. The highest BCUT2D eigenvalue weighted by Crippen LogP contribution is 2.14. The molecule has 1 rings (SSSR count). The standard InChI is InChI=1S/C11H13ClN2O2S/c1-2-3-10(8-13)14-17(15,16)11-6-4-9(12)5-7-11/h4-7,10,14H,2-3H2,1H3. The van der Waals surface area contributed by atoms with Gasteiger partial charge in [0.1, 0.15) is 6.04 Å². The molecule has 0 radical (unpaired) electrons. The smallest absolute Gasteiger partial charge is 0.207 e. The second-order valence-corrected chi connectivity index (χ2v) is 5.70. The third-order valence-corrected chi connectivity index (χ3v) is 3.89. The minimum Gasteiger partial charge on any atom is -0.207 e. The number of rotatable bonds is 5. The van der Waals surface area contributed by atoms with Crippen molar-refractivity contribution in [3.8, 4) is 6.07 Å². The predicted octanol–water partition coefficient (Wildman–Crippen LogP) is 2.31. The number of nitrogens with zero attached hydrogens (tertiary/aromatic N) is 1. The van der Waals surface area contributed by atoms with E-state index in [-0.39, 0.29) is 4.90 Å². The van der Waals surface area contributed by atoms with Crippen molar-refractivity contribution < 1.29 is 8.42 Å². The molecule has 0 heterocycles. The summed E-state index contributed by atoms with van der Waals surface area (Å²) in [7, 11) is -3.64. The van der Waals surface area contributed by atoms with Crippen molar-refractivity contribution in [3.63, 3.8) is 0 Å². The molecule has 0 aliphatic heterocycles. The average molecular weight is 273 g/mol. The Kier molecular flexibility index (Phi) is 4.94. The summed E-state index contributed by atoms with van der Waals surface area (Å²) in [6, 6.07) is 7.04. The van der Waals surface area contributed by atoms with E-state index in [0.717, 1.165) is 6.42 Å². The van der Waals surface area contributed by atoms with Crippen molar-refractivity contribution >= 4 is 21.6 Å². The Labute approximate surface area is 106 Å². The summed E-state index contributed by atoms with van der Waals surface area (Å²) < 4.78 is 26.1. The largest absolute Gasteiger partial charge is 0.241 e. The van der Waals surface area contributed by atoms with Crippen molar-refractivity contribution in [1.82, 2.24) is 4.72 Å². The first-order valence-electron chi connectivity index (χ1n) is 5.17. The molecular weight excluding hydrogens is 260 g/mol. The Hall–Kier alpha value is -1.09. The number of sulfonamides is 1. The molecule has 1 aromatic rings. The predicted molar refractivity (Wildman–Crippen MR) is 66.1 cm³/mol. The quantitative estimate of drug-likeness (QED) is 0.894. The molecule has 0 spiro atoms. The van der Waals surface area contributed by atoms with Gasteiger partial charge in [0.2, 0.25) is 10.0 Å². The topological polar surface area (TPSA) is 70.0 Å². The molecule has 0 amide bonds. The van der Waals surface area contributed by atoms with Crippen molar-refractivity contribution in [2.75, 3.05) is 0 Å². The van der Waals surface area contributed by atoms with Crippen molar-refractivity contribution in [3.05, 3.63) is 29.3 Å². The van der Waals surface area contributed by atoms with E-state index in [9.17, 15) is 8.42 Å². The van der Waals surface area contributed by atoms with E-state index in [1.807, 2.05) is 13.0 Å². The van der Waals surface area contributed by atoms with Gasteiger partial charge in [0.25, 0.3) is 0 Å². The summed E-state index contributed by atoms with van der Waals surface area (Å²) in [6.07, 6.45) is 1.23. The maximum atomic E-state index is 11.9. The number of nitrogens with one attached hydrogen (secondary N) is 1.